The number of aromatic nitrogens is 5. The van der Waals surface area contributed by atoms with Gasteiger partial charge in [-0.1, -0.05) is 30.3 Å². The third kappa shape index (κ3) is 5.20. The van der Waals surface area contributed by atoms with Gasteiger partial charge in [0.2, 0.25) is 0 Å². The summed E-state index contributed by atoms with van der Waals surface area (Å²) < 4.78 is 11.8. The summed E-state index contributed by atoms with van der Waals surface area (Å²) in [4.78, 5) is 21.8. The number of anilines is 1. The molecule has 5 heterocycles. The Hall–Kier alpha value is -2.72. The van der Waals surface area contributed by atoms with Gasteiger partial charge >= 0.3 is 6.01 Å². The number of nitrogens with zero attached hydrogens (tertiary/aromatic N) is 6. The molecule has 0 radical (unpaired) electrons. The van der Waals surface area contributed by atoms with Crippen molar-refractivity contribution in [1.82, 2.24) is 25.1 Å². The zero-order valence-electron chi connectivity index (χ0n) is 20.8. The van der Waals surface area contributed by atoms with Crippen LogP contribution in [0.5, 0.6) is 5.19 Å². The Labute approximate surface area is 218 Å². The first-order chi connectivity index (χ1) is 17.5. The molecule has 0 bridgehead atoms. The molecule has 1 atom stereocenters. The number of rotatable bonds is 8. The van der Waals surface area contributed by atoms with Gasteiger partial charge in [0.25, 0.3) is 5.19 Å². The van der Waals surface area contributed by atoms with E-state index in [-0.39, 0.29) is 12.0 Å². The minimum absolute atomic E-state index is 0.0711. The fourth-order valence-corrected chi connectivity index (χ4v) is 6.22. The van der Waals surface area contributed by atoms with Crippen LogP contribution in [-0.4, -0.2) is 49.5 Å². The molecule has 6 rings (SSSR count). The van der Waals surface area contributed by atoms with Gasteiger partial charge < -0.3 is 14.2 Å². The molecule has 0 unspecified atom stereocenters. The smallest absolute Gasteiger partial charge is 0.324 e. The molecule has 2 aliphatic rings. The highest BCUT2D eigenvalue weighted by Crippen LogP contribution is 2.38. The van der Waals surface area contributed by atoms with E-state index in [1.165, 1.54) is 24.2 Å². The molecule has 1 aliphatic carbocycles. The topological polar surface area (TPSA) is 90.1 Å². The SMILES string of the molecule is CC(C)c1noc(N2CCC([C@H](C)Oc3nc4ccc(-c5ccc(SC6CC6)nc5)nc4s3)CC2)n1. The summed E-state index contributed by atoms with van der Waals surface area (Å²) in [6.07, 6.45) is 6.62. The average Bonchev–Trinajstić information content (AvgIpc) is 3.39. The molecule has 1 saturated heterocycles. The second-order valence-electron chi connectivity index (χ2n) is 9.94. The van der Waals surface area contributed by atoms with Crippen molar-refractivity contribution in [3.8, 4) is 16.5 Å². The number of fused-ring (bicyclic) bond motifs is 1. The highest BCUT2D eigenvalue weighted by atomic mass is 32.2. The molecule has 0 aromatic carbocycles. The van der Waals surface area contributed by atoms with Crippen LogP contribution < -0.4 is 9.64 Å². The van der Waals surface area contributed by atoms with Gasteiger partial charge in [0, 0.05) is 36.0 Å². The van der Waals surface area contributed by atoms with Gasteiger partial charge in [-0.3, -0.25) is 0 Å². The van der Waals surface area contributed by atoms with E-state index in [0.717, 1.165) is 63.6 Å². The highest BCUT2D eigenvalue weighted by Gasteiger charge is 2.28. The monoisotopic (exact) mass is 522 g/mol. The van der Waals surface area contributed by atoms with Crippen molar-refractivity contribution >= 4 is 39.5 Å². The van der Waals surface area contributed by atoms with Crippen LogP contribution in [-0.2, 0) is 0 Å². The lowest BCUT2D eigenvalue weighted by atomic mass is 9.92. The van der Waals surface area contributed by atoms with E-state index in [2.05, 4.69) is 57.9 Å². The molecule has 36 heavy (non-hydrogen) atoms. The summed E-state index contributed by atoms with van der Waals surface area (Å²) in [6, 6.07) is 8.87. The Bertz CT molecular complexity index is 1330. The van der Waals surface area contributed by atoms with E-state index < -0.39 is 0 Å². The second kappa shape index (κ2) is 9.97. The molecule has 4 aromatic heterocycles. The van der Waals surface area contributed by atoms with E-state index in [1.807, 2.05) is 30.1 Å². The molecule has 0 spiro atoms. The Morgan fingerprint density at radius 2 is 1.86 bits per heavy atom. The van der Waals surface area contributed by atoms with E-state index >= 15 is 0 Å². The molecule has 10 heteroatoms. The van der Waals surface area contributed by atoms with Crippen molar-refractivity contribution in [2.75, 3.05) is 18.0 Å². The van der Waals surface area contributed by atoms with Crippen LogP contribution in [0.25, 0.3) is 21.6 Å². The van der Waals surface area contributed by atoms with E-state index in [4.69, 9.17) is 14.2 Å². The van der Waals surface area contributed by atoms with Gasteiger partial charge in [-0.2, -0.15) is 4.98 Å². The summed E-state index contributed by atoms with van der Waals surface area (Å²) in [5, 5.41) is 6.62. The molecule has 0 amide bonds. The zero-order chi connectivity index (χ0) is 24.6. The molecule has 8 nitrogen and oxygen atoms in total. The van der Waals surface area contributed by atoms with Crippen LogP contribution in [0.3, 0.4) is 0 Å². The molecule has 0 N–H and O–H groups in total. The Morgan fingerprint density at radius 1 is 1.03 bits per heavy atom. The van der Waals surface area contributed by atoms with E-state index in [1.54, 1.807) is 0 Å². The van der Waals surface area contributed by atoms with Crippen molar-refractivity contribution in [1.29, 1.82) is 0 Å². The van der Waals surface area contributed by atoms with Crippen LogP contribution in [0, 0.1) is 5.92 Å². The minimum atomic E-state index is 0.0711. The predicted octanol–water partition coefficient (Wildman–Crippen LogP) is 6.20. The number of thioether (sulfide) groups is 1. The van der Waals surface area contributed by atoms with Gasteiger partial charge in [-0.25, -0.2) is 15.0 Å². The van der Waals surface area contributed by atoms with E-state index in [9.17, 15) is 0 Å². The van der Waals surface area contributed by atoms with Crippen molar-refractivity contribution < 1.29 is 9.26 Å². The van der Waals surface area contributed by atoms with Crippen LogP contribution in [0.1, 0.15) is 58.2 Å². The maximum Gasteiger partial charge on any atom is 0.324 e. The van der Waals surface area contributed by atoms with Crippen molar-refractivity contribution in [3.63, 3.8) is 0 Å². The Kier molecular flexibility index (Phi) is 6.55. The van der Waals surface area contributed by atoms with Gasteiger partial charge in [0.15, 0.2) is 5.82 Å². The van der Waals surface area contributed by atoms with Gasteiger partial charge in [0.1, 0.15) is 16.5 Å². The number of piperidine rings is 1. The quantitative estimate of drug-likeness (QED) is 0.268. The van der Waals surface area contributed by atoms with Gasteiger partial charge in [0.05, 0.1) is 10.7 Å². The second-order valence-corrected chi connectivity index (χ2v) is 12.2. The number of hydrogen-bond donors (Lipinski definition) is 0. The van der Waals surface area contributed by atoms with Crippen molar-refractivity contribution in [2.24, 2.45) is 5.92 Å². The summed E-state index contributed by atoms with van der Waals surface area (Å²) in [5.74, 6) is 1.47. The Balaban J connectivity index is 1.07. The fourth-order valence-electron chi connectivity index (χ4n) is 4.37. The third-order valence-electron chi connectivity index (χ3n) is 6.79. The first kappa shape index (κ1) is 23.7. The largest absolute Gasteiger partial charge is 0.467 e. The zero-order valence-corrected chi connectivity index (χ0v) is 22.4. The summed E-state index contributed by atoms with van der Waals surface area (Å²) >= 11 is 3.38. The third-order valence-corrected chi connectivity index (χ3v) is 8.93. The lowest BCUT2D eigenvalue weighted by molar-refractivity contribution is 0.131. The Morgan fingerprint density at radius 3 is 2.56 bits per heavy atom. The first-order valence-corrected chi connectivity index (χ1v) is 14.4. The van der Waals surface area contributed by atoms with Gasteiger partial charge in [-0.05, 0) is 62.8 Å². The maximum absolute atomic E-state index is 6.30. The fraction of sp³-hybridized carbons (Fsp3) is 0.500. The van der Waals surface area contributed by atoms with Crippen LogP contribution in [0.4, 0.5) is 6.01 Å². The number of thiazole rings is 1. The lowest BCUT2D eigenvalue weighted by Gasteiger charge is -2.33. The number of hydrogen-bond acceptors (Lipinski definition) is 10. The van der Waals surface area contributed by atoms with Crippen molar-refractivity contribution in [3.05, 3.63) is 36.3 Å². The van der Waals surface area contributed by atoms with Gasteiger partial charge in [-0.15, -0.1) is 11.8 Å². The lowest BCUT2D eigenvalue weighted by Crippen LogP contribution is -2.38. The highest BCUT2D eigenvalue weighted by molar-refractivity contribution is 8.00. The predicted molar refractivity (Wildman–Crippen MR) is 143 cm³/mol. The van der Waals surface area contributed by atoms with Crippen LogP contribution in [0.15, 0.2) is 40.0 Å². The summed E-state index contributed by atoms with van der Waals surface area (Å²) in [6.45, 7) is 8.05. The molecule has 4 aromatic rings. The molecule has 1 aliphatic heterocycles. The first-order valence-electron chi connectivity index (χ1n) is 12.7. The molecule has 188 valence electrons. The molecular weight excluding hydrogens is 492 g/mol. The standard InChI is InChI=1S/C26H30N6O2S2/c1-15(2)23-30-25(34-31-23)32-12-10-17(11-13-32)16(3)33-26-29-21-8-7-20(28-24(21)36-26)18-4-9-22(27-14-18)35-19-5-6-19/h4,7-9,14-17,19H,5-6,10-13H2,1-3H3/t16-/m0/s1. The number of ether oxygens (including phenoxy) is 1. The summed E-state index contributed by atoms with van der Waals surface area (Å²) in [7, 11) is 0. The minimum Gasteiger partial charge on any atom is -0.467 e. The van der Waals surface area contributed by atoms with Crippen molar-refractivity contribution in [2.45, 2.75) is 68.8 Å². The summed E-state index contributed by atoms with van der Waals surface area (Å²) in [5.41, 5.74) is 2.80. The normalized spacial score (nSPS) is 17.7. The van der Waals surface area contributed by atoms with E-state index in [0.29, 0.717) is 17.1 Å². The maximum atomic E-state index is 6.30. The van der Waals surface area contributed by atoms with Crippen LogP contribution >= 0.6 is 23.1 Å². The molecular formula is C26H30N6O2S2. The number of pyridine rings is 2. The average molecular weight is 523 g/mol. The van der Waals surface area contributed by atoms with Crippen LogP contribution in [0.2, 0.25) is 0 Å². The molecule has 2 fully saturated rings. The molecule has 1 saturated carbocycles.